The molecule has 8 N–H and O–H groups in total. The van der Waals surface area contributed by atoms with Crippen LogP contribution in [0.25, 0.3) is 0 Å². The zero-order valence-corrected chi connectivity index (χ0v) is 10.9. The Hall–Kier alpha value is -1.67. The van der Waals surface area contributed by atoms with Gasteiger partial charge < -0.3 is 50.4 Å². The maximum Gasteiger partial charge on any atom is 0.380 e. The van der Waals surface area contributed by atoms with E-state index >= 15 is 0 Å². The summed E-state index contributed by atoms with van der Waals surface area (Å²) >= 11 is 0. The standard InChI is InChI=1S/C10H16O12/c11-1-3(13)5(15)7(17)10(21,9(19)20)22-8(18)6(16)4(14)2-12/h2-7,11,13-17,21H,1H2,(H,19,20). The third-order valence-electron chi connectivity index (χ3n) is 2.57. The van der Waals surface area contributed by atoms with Gasteiger partial charge in [0.1, 0.15) is 18.3 Å². The van der Waals surface area contributed by atoms with Gasteiger partial charge in [0.15, 0.2) is 18.5 Å². The molecular formula is C10H16O12. The highest BCUT2D eigenvalue weighted by Crippen LogP contribution is 2.20. The van der Waals surface area contributed by atoms with E-state index in [-0.39, 0.29) is 6.29 Å². The van der Waals surface area contributed by atoms with Gasteiger partial charge in [-0.2, -0.15) is 0 Å². The molecular weight excluding hydrogens is 312 g/mol. The first kappa shape index (κ1) is 20.3. The van der Waals surface area contributed by atoms with Crippen LogP contribution in [0, 0.1) is 0 Å². The van der Waals surface area contributed by atoms with Crippen molar-refractivity contribution in [3.8, 4) is 0 Å². The second kappa shape index (κ2) is 8.09. The lowest BCUT2D eigenvalue weighted by atomic mass is 10.00. The molecule has 0 bridgehead atoms. The number of carbonyl (C=O) groups is 3. The van der Waals surface area contributed by atoms with Gasteiger partial charge in [-0.15, -0.1) is 0 Å². The molecule has 12 heteroatoms. The molecule has 12 nitrogen and oxygen atoms in total. The number of hydrogen-bond acceptors (Lipinski definition) is 11. The maximum atomic E-state index is 11.3. The van der Waals surface area contributed by atoms with Crippen LogP contribution in [-0.4, -0.2) is 102 Å². The Morgan fingerprint density at radius 3 is 2.00 bits per heavy atom. The van der Waals surface area contributed by atoms with Gasteiger partial charge in [-0.05, 0) is 0 Å². The summed E-state index contributed by atoms with van der Waals surface area (Å²) in [6.45, 7) is -1.13. The average Bonchev–Trinajstić information content (AvgIpc) is 2.50. The molecule has 128 valence electrons. The smallest absolute Gasteiger partial charge is 0.380 e. The summed E-state index contributed by atoms with van der Waals surface area (Å²) in [4.78, 5) is 32.4. The first-order valence-corrected chi connectivity index (χ1v) is 5.68. The Kier molecular flexibility index (Phi) is 7.48. The van der Waals surface area contributed by atoms with Crippen LogP contribution in [0.15, 0.2) is 0 Å². The van der Waals surface area contributed by atoms with Crippen molar-refractivity contribution < 1.29 is 60.0 Å². The second-order valence-corrected chi connectivity index (χ2v) is 4.18. The fraction of sp³-hybridized carbons (Fsp3) is 0.700. The zero-order chi connectivity index (χ0) is 17.7. The lowest BCUT2D eigenvalue weighted by Gasteiger charge is -2.32. The molecule has 0 heterocycles. The maximum absolute atomic E-state index is 11.3. The number of carboxylic acids is 1. The minimum Gasteiger partial charge on any atom is -0.476 e. The van der Waals surface area contributed by atoms with E-state index in [1.807, 2.05) is 0 Å². The molecule has 22 heavy (non-hydrogen) atoms. The number of rotatable bonds is 9. The molecule has 6 atom stereocenters. The lowest BCUT2D eigenvalue weighted by molar-refractivity contribution is -0.274. The molecule has 0 fully saturated rings. The number of aliphatic hydroxyl groups excluding tert-OH is 6. The third kappa shape index (κ3) is 4.41. The number of carbonyl (C=O) groups excluding carboxylic acids is 2. The first-order valence-electron chi connectivity index (χ1n) is 5.68. The molecule has 0 radical (unpaired) electrons. The number of ether oxygens (including phenoxy) is 1. The molecule has 0 aromatic carbocycles. The fourth-order valence-electron chi connectivity index (χ4n) is 1.21. The Labute approximate surface area is 122 Å². The molecule has 0 aliphatic rings. The fourth-order valence-corrected chi connectivity index (χ4v) is 1.21. The number of carboxylic acid groups (broad SMARTS) is 1. The molecule has 0 saturated heterocycles. The summed E-state index contributed by atoms with van der Waals surface area (Å²) in [6, 6.07) is 0. The zero-order valence-electron chi connectivity index (χ0n) is 10.9. The van der Waals surface area contributed by atoms with Gasteiger partial charge >= 0.3 is 17.7 Å². The Morgan fingerprint density at radius 2 is 1.64 bits per heavy atom. The molecule has 6 unspecified atom stereocenters. The SMILES string of the molecule is O=CC(O)C(O)C(=O)OC(O)(C(=O)O)C(O)C(O)C(O)CO. The molecule has 0 aromatic heterocycles. The van der Waals surface area contributed by atoms with Crippen LogP contribution >= 0.6 is 0 Å². The highest BCUT2D eigenvalue weighted by molar-refractivity contribution is 5.84. The van der Waals surface area contributed by atoms with E-state index in [0.717, 1.165) is 0 Å². The van der Waals surface area contributed by atoms with Crippen molar-refractivity contribution in [2.75, 3.05) is 6.61 Å². The predicted octanol–water partition coefficient (Wildman–Crippen LogP) is -5.70. The summed E-state index contributed by atoms with van der Waals surface area (Å²) in [6.07, 6.45) is -12.5. The lowest BCUT2D eigenvalue weighted by Crippen LogP contribution is -2.61. The van der Waals surface area contributed by atoms with Crippen LogP contribution in [0.5, 0.6) is 0 Å². The highest BCUT2D eigenvalue weighted by atomic mass is 16.7. The van der Waals surface area contributed by atoms with Crippen molar-refractivity contribution in [3.05, 3.63) is 0 Å². The molecule has 0 amide bonds. The van der Waals surface area contributed by atoms with Crippen molar-refractivity contribution in [1.29, 1.82) is 0 Å². The van der Waals surface area contributed by atoms with Crippen LogP contribution in [-0.2, 0) is 19.1 Å². The molecule has 0 spiro atoms. The van der Waals surface area contributed by atoms with E-state index in [0.29, 0.717) is 0 Å². The van der Waals surface area contributed by atoms with E-state index in [2.05, 4.69) is 4.74 Å². The van der Waals surface area contributed by atoms with Gasteiger partial charge in [0.2, 0.25) is 0 Å². The third-order valence-corrected chi connectivity index (χ3v) is 2.57. The van der Waals surface area contributed by atoms with Crippen LogP contribution in [0.2, 0.25) is 0 Å². The van der Waals surface area contributed by atoms with Crippen LogP contribution < -0.4 is 0 Å². The number of aliphatic hydroxyl groups is 7. The summed E-state index contributed by atoms with van der Waals surface area (Å²) in [5, 5.41) is 72.8. The summed E-state index contributed by atoms with van der Waals surface area (Å²) in [7, 11) is 0. The molecule has 0 aliphatic carbocycles. The Balaban J connectivity index is 5.31. The van der Waals surface area contributed by atoms with E-state index in [4.69, 9.17) is 25.5 Å². The van der Waals surface area contributed by atoms with Crippen molar-refractivity contribution in [2.45, 2.75) is 36.3 Å². The van der Waals surface area contributed by atoms with Crippen LogP contribution in [0.4, 0.5) is 0 Å². The van der Waals surface area contributed by atoms with E-state index in [1.165, 1.54) is 0 Å². The molecule has 0 rings (SSSR count). The van der Waals surface area contributed by atoms with Gasteiger partial charge in [-0.1, -0.05) is 0 Å². The number of hydrogen-bond donors (Lipinski definition) is 8. The van der Waals surface area contributed by atoms with Crippen LogP contribution in [0.1, 0.15) is 0 Å². The number of esters is 1. The first-order chi connectivity index (χ1) is 10.0. The van der Waals surface area contributed by atoms with Gasteiger partial charge in [0.25, 0.3) is 0 Å². The van der Waals surface area contributed by atoms with Crippen molar-refractivity contribution in [1.82, 2.24) is 0 Å². The van der Waals surface area contributed by atoms with Gasteiger partial charge in [0.05, 0.1) is 6.61 Å². The van der Waals surface area contributed by atoms with Gasteiger partial charge in [0, 0.05) is 0 Å². The Bertz CT molecular complexity index is 411. The molecule has 0 saturated carbocycles. The minimum atomic E-state index is -3.84. The largest absolute Gasteiger partial charge is 0.476 e. The van der Waals surface area contributed by atoms with E-state index < -0.39 is 54.9 Å². The van der Waals surface area contributed by atoms with Crippen molar-refractivity contribution >= 4 is 18.2 Å². The molecule has 0 aliphatic heterocycles. The van der Waals surface area contributed by atoms with Crippen molar-refractivity contribution in [2.24, 2.45) is 0 Å². The molecule has 0 aromatic rings. The second-order valence-electron chi connectivity index (χ2n) is 4.18. The van der Waals surface area contributed by atoms with Crippen molar-refractivity contribution in [3.63, 3.8) is 0 Å². The number of aliphatic carboxylic acids is 1. The average molecular weight is 328 g/mol. The topological polar surface area (TPSA) is 222 Å². The summed E-state index contributed by atoms with van der Waals surface area (Å²) in [5.74, 6) is -8.24. The monoisotopic (exact) mass is 328 g/mol. The predicted molar refractivity (Wildman–Crippen MR) is 61.9 cm³/mol. The highest BCUT2D eigenvalue weighted by Gasteiger charge is 2.53. The van der Waals surface area contributed by atoms with E-state index in [9.17, 15) is 29.7 Å². The normalized spacial score (nSPS) is 20.9. The van der Waals surface area contributed by atoms with Crippen LogP contribution in [0.3, 0.4) is 0 Å². The number of aldehydes is 1. The van der Waals surface area contributed by atoms with E-state index in [1.54, 1.807) is 0 Å². The van der Waals surface area contributed by atoms with Gasteiger partial charge in [-0.3, -0.25) is 0 Å². The quantitative estimate of drug-likeness (QED) is 0.113. The minimum absolute atomic E-state index is 0.285. The van der Waals surface area contributed by atoms with Gasteiger partial charge in [-0.25, -0.2) is 9.59 Å². The summed E-state index contributed by atoms with van der Waals surface area (Å²) in [5.41, 5.74) is 0. The Morgan fingerprint density at radius 1 is 1.14 bits per heavy atom. The summed E-state index contributed by atoms with van der Waals surface area (Å²) < 4.78 is 3.91.